The Labute approximate surface area is 138 Å². The fourth-order valence-electron chi connectivity index (χ4n) is 1.99. The molecular formula is C16H13Cl2NO3. The summed E-state index contributed by atoms with van der Waals surface area (Å²) in [6.45, 7) is 1.79. The predicted octanol–water partition coefficient (Wildman–Crippen LogP) is 4.61. The maximum absolute atomic E-state index is 12.2. The third kappa shape index (κ3) is 3.40. The van der Waals surface area contributed by atoms with Gasteiger partial charge < -0.3 is 9.15 Å². The van der Waals surface area contributed by atoms with Crippen LogP contribution in [-0.2, 0) is 4.79 Å². The zero-order chi connectivity index (χ0) is 14.8. The summed E-state index contributed by atoms with van der Waals surface area (Å²) in [5, 5.41) is 0.597. The molecule has 1 atom stereocenters. The number of aromatic nitrogens is 1. The Bertz CT molecular complexity index is 783. The van der Waals surface area contributed by atoms with E-state index >= 15 is 0 Å². The van der Waals surface area contributed by atoms with Gasteiger partial charge in [0.05, 0.1) is 5.92 Å². The molecule has 22 heavy (non-hydrogen) atoms. The van der Waals surface area contributed by atoms with Crippen LogP contribution < -0.4 is 4.74 Å². The van der Waals surface area contributed by atoms with Gasteiger partial charge in [0.2, 0.25) is 0 Å². The largest absolute Gasteiger partial charge is 0.443 e. The SMILES string of the molecule is CC(C(=O)Oc1ccc(Cl)cc1)c1ccc2ocnc2c1.Cl. The number of fused-ring (bicyclic) bond motifs is 1. The van der Waals surface area contributed by atoms with Gasteiger partial charge in [0.25, 0.3) is 0 Å². The molecule has 2 aromatic carbocycles. The van der Waals surface area contributed by atoms with E-state index in [2.05, 4.69) is 4.98 Å². The Morgan fingerprint density at radius 3 is 2.68 bits per heavy atom. The summed E-state index contributed by atoms with van der Waals surface area (Å²) in [6, 6.07) is 12.1. The van der Waals surface area contributed by atoms with E-state index in [0.29, 0.717) is 16.4 Å². The predicted molar refractivity (Wildman–Crippen MR) is 86.8 cm³/mol. The Balaban J connectivity index is 0.00000176. The third-order valence-corrected chi connectivity index (χ3v) is 3.49. The van der Waals surface area contributed by atoms with E-state index in [9.17, 15) is 4.79 Å². The van der Waals surface area contributed by atoms with Crippen molar-refractivity contribution in [2.75, 3.05) is 0 Å². The minimum Gasteiger partial charge on any atom is -0.443 e. The molecule has 4 nitrogen and oxygen atoms in total. The average molecular weight is 338 g/mol. The number of benzene rings is 2. The maximum atomic E-state index is 12.2. The molecule has 1 heterocycles. The summed E-state index contributed by atoms with van der Waals surface area (Å²) in [7, 11) is 0. The van der Waals surface area contributed by atoms with Gasteiger partial charge in [-0.15, -0.1) is 12.4 Å². The van der Waals surface area contributed by atoms with Crippen LogP contribution in [0.15, 0.2) is 53.3 Å². The van der Waals surface area contributed by atoms with Crippen molar-refractivity contribution in [3.05, 3.63) is 59.4 Å². The van der Waals surface area contributed by atoms with Gasteiger partial charge in [0, 0.05) is 5.02 Å². The topological polar surface area (TPSA) is 52.3 Å². The van der Waals surface area contributed by atoms with Gasteiger partial charge in [-0.2, -0.15) is 0 Å². The molecule has 3 aromatic rings. The molecule has 0 aliphatic heterocycles. The quantitative estimate of drug-likeness (QED) is 0.517. The molecule has 6 heteroatoms. The average Bonchev–Trinajstić information content (AvgIpc) is 2.96. The zero-order valence-electron chi connectivity index (χ0n) is 11.7. The van der Waals surface area contributed by atoms with Crippen molar-refractivity contribution < 1.29 is 13.9 Å². The maximum Gasteiger partial charge on any atom is 0.318 e. The van der Waals surface area contributed by atoms with Crippen LogP contribution >= 0.6 is 24.0 Å². The lowest BCUT2D eigenvalue weighted by molar-refractivity contribution is -0.135. The lowest BCUT2D eigenvalue weighted by Crippen LogP contribution is -2.16. The van der Waals surface area contributed by atoms with Gasteiger partial charge in [0.15, 0.2) is 12.0 Å². The van der Waals surface area contributed by atoms with Crippen molar-refractivity contribution in [3.63, 3.8) is 0 Å². The molecule has 0 saturated carbocycles. The highest BCUT2D eigenvalue weighted by atomic mass is 35.5. The van der Waals surface area contributed by atoms with Gasteiger partial charge in [-0.3, -0.25) is 4.79 Å². The van der Waals surface area contributed by atoms with E-state index in [1.165, 1.54) is 6.39 Å². The van der Waals surface area contributed by atoms with Crippen molar-refractivity contribution in [2.45, 2.75) is 12.8 Å². The summed E-state index contributed by atoms with van der Waals surface area (Å²) in [5.74, 6) is -0.263. The smallest absolute Gasteiger partial charge is 0.318 e. The van der Waals surface area contributed by atoms with Crippen LogP contribution in [0.1, 0.15) is 18.4 Å². The van der Waals surface area contributed by atoms with E-state index < -0.39 is 5.92 Å². The van der Waals surface area contributed by atoms with E-state index in [0.717, 1.165) is 11.1 Å². The molecule has 0 aliphatic carbocycles. The van der Waals surface area contributed by atoms with Gasteiger partial charge in [-0.25, -0.2) is 4.98 Å². The summed E-state index contributed by atoms with van der Waals surface area (Å²) in [5.41, 5.74) is 2.24. The monoisotopic (exact) mass is 337 g/mol. The standard InChI is InChI=1S/C16H12ClNO3.ClH/c1-10(11-2-7-15-14(8-11)18-9-20-15)16(19)21-13-5-3-12(17)4-6-13;/h2-10H,1H3;1H. The fourth-order valence-corrected chi connectivity index (χ4v) is 2.11. The number of esters is 1. The second-order valence-corrected chi connectivity index (χ2v) is 5.11. The Kier molecular flexibility index (Phi) is 5.06. The molecule has 0 bridgehead atoms. The highest BCUT2D eigenvalue weighted by Gasteiger charge is 2.18. The summed E-state index contributed by atoms with van der Waals surface area (Å²) in [4.78, 5) is 16.3. The van der Waals surface area contributed by atoms with E-state index in [-0.39, 0.29) is 18.4 Å². The molecule has 0 N–H and O–H groups in total. The molecular weight excluding hydrogens is 325 g/mol. The number of hydrogen-bond acceptors (Lipinski definition) is 4. The molecule has 1 unspecified atom stereocenters. The first kappa shape index (κ1) is 16.3. The summed E-state index contributed by atoms with van der Waals surface area (Å²) < 4.78 is 10.5. The van der Waals surface area contributed by atoms with Crippen molar-refractivity contribution in [1.29, 1.82) is 0 Å². The van der Waals surface area contributed by atoms with Gasteiger partial charge in [-0.05, 0) is 48.9 Å². The lowest BCUT2D eigenvalue weighted by Gasteiger charge is -2.11. The molecule has 1 aromatic heterocycles. The summed E-state index contributed by atoms with van der Waals surface area (Å²) in [6.07, 6.45) is 1.38. The highest BCUT2D eigenvalue weighted by Crippen LogP contribution is 2.23. The second kappa shape index (κ2) is 6.81. The molecule has 114 valence electrons. The zero-order valence-corrected chi connectivity index (χ0v) is 13.2. The van der Waals surface area contributed by atoms with Gasteiger partial charge in [-0.1, -0.05) is 17.7 Å². The minimum atomic E-state index is -0.401. The van der Waals surface area contributed by atoms with E-state index in [1.54, 1.807) is 37.3 Å². The number of ether oxygens (including phenoxy) is 1. The first-order chi connectivity index (χ1) is 10.1. The second-order valence-electron chi connectivity index (χ2n) is 4.68. The van der Waals surface area contributed by atoms with E-state index in [4.69, 9.17) is 20.8 Å². The number of nitrogens with zero attached hydrogens (tertiary/aromatic N) is 1. The highest BCUT2D eigenvalue weighted by molar-refractivity contribution is 6.30. The number of halogens is 2. The van der Waals surface area contributed by atoms with Gasteiger partial charge in [0.1, 0.15) is 11.3 Å². The number of carbonyl (C=O) groups excluding carboxylic acids is 1. The Morgan fingerprint density at radius 2 is 1.95 bits per heavy atom. The van der Waals surface area contributed by atoms with Crippen LogP contribution in [0.2, 0.25) is 5.02 Å². The number of hydrogen-bond donors (Lipinski definition) is 0. The normalized spacial score (nSPS) is 11.7. The first-order valence-electron chi connectivity index (χ1n) is 6.44. The van der Waals surface area contributed by atoms with Crippen LogP contribution in [0.25, 0.3) is 11.1 Å². The van der Waals surface area contributed by atoms with Crippen molar-refractivity contribution >= 4 is 41.1 Å². The molecule has 0 fully saturated rings. The van der Waals surface area contributed by atoms with Gasteiger partial charge >= 0.3 is 5.97 Å². The van der Waals surface area contributed by atoms with Crippen molar-refractivity contribution in [1.82, 2.24) is 4.98 Å². The first-order valence-corrected chi connectivity index (χ1v) is 6.82. The fraction of sp³-hybridized carbons (Fsp3) is 0.125. The summed E-state index contributed by atoms with van der Waals surface area (Å²) >= 11 is 5.80. The molecule has 3 rings (SSSR count). The lowest BCUT2D eigenvalue weighted by atomic mass is 10.0. The van der Waals surface area contributed by atoms with Crippen LogP contribution in [0.4, 0.5) is 0 Å². The van der Waals surface area contributed by atoms with Crippen LogP contribution in [-0.4, -0.2) is 11.0 Å². The molecule has 0 radical (unpaired) electrons. The van der Waals surface area contributed by atoms with Crippen LogP contribution in [0.5, 0.6) is 5.75 Å². The molecule has 0 amide bonds. The molecule has 0 spiro atoms. The Hall–Kier alpha value is -2.04. The Morgan fingerprint density at radius 1 is 1.23 bits per heavy atom. The number of oxazole rings is 1. The minimum absolute atomic E-state index is 0. The number of carbonyl (C=O) groups is 1. The van der Waals surface area contributed by atoms with Crippen molar-refractivity contribution in [2.24, 2.45) is 0 Å². The van der Waals surface area contributed by atoms with Crippen LogP contribution in [0.3, 0.4) is 0 Å². The number of rotatable bonds is 3. The van der Waals surface area contributed by atoms with Crippen molar-refractivity contribution in [3.8, 4) is 5.75 Å². The van der Waals surface area contributed by atoms with Crippen LogP contribution in [0, 0.1) is 0 Å². The molecule has 0 aliphatic rings. The third-order valence-electron chi connectivity index (χ3n) is 3.24. The molecule has 0 saturated heterocycles. The van der Waals surface area contributed by atoms with E-state index in [1.807, 2.05) is 12.1 Å².